The lowest BCUT2D eigenvalue weighted by Gasteiger charge is -2.37. The maximum atomic E-state index is 12.7. The van der Waals surface area contributed by atoms with Crippen LogP contribution in [0.4, 0.5) is 0 Å². The van der Waals surface area contributed by atoms with Crippen molar-refractivity contribution < 1.29 is 9.53 Å². The number of carbonyl (C=O) groups excluding carboxylic acids is 1. The van der Waals surface area contributed by atoms with Gasteiger partial charge in [0.15, 0.2) is 0 Å². The van der Waals surface area contributed by atoms with E-state index in [9.17, 15) is 4.79 Å². The van der Waals surface area contributed by atoms with Gasteiger partial charge in [0.2, 0.25) is 0 Å². The molecule has 1 amide bonds. The van der Waals surface area contributed by atoms with E-state index in [2.05, 4.69) is 15.6 Å². The first-order chi connectivity index (χ1) is 12.5. The Morgan fingerprint density at radius 2 is 1.93 bits per heavy atom. The second kappa shape index (κ2) is 11.3. The third-order valence-corrected chi connectivity index (χ3v) is 6.29. The summed E-state index contributed by atoms with van der Waals surface area (Å²) in [6.07, 6.45) is 2.00. The summed E-state index contributed by atoms with van der Waals surface area (Å²) in [5.41, 5.74) is 1.73. The standard InChI is InChI=1S/C19H24ClN3O2S.2ClH/c1-13-16(26-18(23-13)14-3-5-15(20)6-4-14)17(24)22-11-19(12-25-2)7-9-21-10-8-19;;/h3-6,21H,7-12H2,1-2H3,(H,22,24);2*1H. The van der Waals surface area contributed by atoms with Crippen molar-refractivity contribution in [2.45, 2.75) is 19.8 Å². The van der Waals surface area contributed by atoms with Gasteiger partial charge < -0.3 is 15.4 Å². The summed E-state index contributed by atoms with van der Waals surface area (Å²) in [5.74, 6) is -0.0609. The van der Waals surface area contributed by atoms with Crippen molar-refractivity contribution >= 4 is 53.7 Å². The number of hydrogen-bond donors (Lipinski definition) is 2. The number of piperidine rings is 1. The lowest BCUT2D eigenvalue weighted by molar-refractivity contribution is 0.0512. The summed E-state index contributed by atoms with van der Waals surface area (Å²) in [4.78, 5) is 18.0. The van der Waals surface area contributed by atoms with Crippen molar-refractivity contribution in [3.63, 3.8) is 0 Å². The van der Waals surface area contributed by atoms with Crippen LogP contribution in [0.15, 0.2) is 24.3 Å². The zero-order chi connectivity index (χ0) is 18.6. The SMILES string of the molecule is COCC1(CNC(=O)c2sc(-c3ccc(Cl)cc3)nc2C)CCNCC1.Cl.Cl. The highest BCUT2D eigenvalue weighted by Crippen LogP contribution is 2.30. The highest BCUT2D eigenvalue weighted by atomic mass is 35.5. The lowest BCUT2D eigenvalue weighted by atomic mass is 9.79. The summed E-state index contributed by atoms with van der Waals surface area (Å²) in [6.45, 7) is 5.07. The molecule has 0 radical (unpaired) electrons. The molecule has 5 nitrogen and oxygen atoms in total. The van der Waals surface area contributed by atoms with Crippen molar-refractivity contribution in [1.29, 1.82) is 0 Å². The van der Waals surface area contributed by atoms with Crippen LogP contribution in [-0.4, -0.2) is 44.2 Å². The lowest BCUT2D eigenvalue weighted by Crippen LogP contribution is -2.47. The summed E-state index contributed by atoms with van der Waals surface area (Å²) >= 11 is 7.36. The van der Waals surface area contributed by atoms with Gasteiger partial charge in [0.05, 0.1) is 12.3 Å². The molecule has 3 rings (SSSR count). The molecule has 2 heterocycles. The Morgan fingerprint density at radius 3 is 2.54 bits per heavy atom. The molecule has 0 saturated carbocycles. The molecule has 28 heavy (non-hydrogen) atoms. The van der Waals surface area contributed by atoms with Crippen LogP contribution in [0.3, 0.4) is 0 Å². The van der Waals surface area contributed by atoms with Gasteiger partial charge in [-0.2, -0.15) is 0 Å². The van der Waals surface area contributed by atoms with E-state index in [1.54, 1.807) is 7.11 Å². The number of hydrogen-bond acceptors (Lipinski definition) is 5. The second-order valence-corrected chi connectivity index (χ2v) is 8.24. The van der Waals surface area contributed by atoms with E-state index in [4.69, 9.17) is 16.3 Å². The van der Waals surface area contributed by atoms with E-state index in [1.807, 2.05) is 31.2 Å². The molecule has 1 aromatic carbocycles. The number of rotatable bonds is 6. The van der Waals surface area contributed by atoms with E-state index in [0.29, 0.717) is 23.1 Å². The Kier molecular flexibility index (Phi) is 10.2. The summed E-state index contributed by atoms with van der Waals surface area (Å²) in [5, 5.41) is 7.99. The number of amides is 1. The molecule has 0 atom stereocenters. The van der Waals surface area contributed by atoms with Crippen LogP contribution < -0.4 is 10.6 Å². The van der Waals surface area contributed by atoms with E-state index < -0.39 is 0 Å². The molecule has 1 fully saturated rings. The van der Waals surface area contributed by atoms with E-state index in [1.165, 1.54) is 11.3 Å². The number of benzene rings is 1. The number of nitrogens with zero attached hydrogens (tertiary/aromatic N) is 1. The number of ether oxygens (including phenoxy) is 1. The van der Waals surface area contributed by atoms with Crippen LogP contribution in [0.2, 0.25) is 5.02 Å². The largest absolute Gasteiger partial charge is 0.384 e. The highest BCUT2D eigenvalue weighted by Gasteiger charge is 2.33. The van der Waals surface area contributed by atoms with Gasteiger partial charge in [-0.1, -0.05) is 23.7 Å². The Morgan fingerprint density at radius 1 is 1.29 bits per heavy atom. The van der Waals surface area contributed by atoms with Crippen LogP contribution >= 0.6 is 47.8 Å². The molecule has 156 valence electrons. The van der Waals surface area contributed by atoms with Gasteiger partial charge in [-0.3, -0.25) is 4.79 Å². The van der Waals surface area contributed by atoms with E-state index >= 15 is 0 Å². The predicted octanol–water partition coefficient (Wildman–Crippen LogP) is 4.36. The van der Waals surface area contributed by atoms with Gasteiger partial charge in [0.25, 0.3) is 5.91 Å². The molecule has 1 aliphatic rings. The monoisotopic (exact) mass is 465 g/mol. The minimum Gasteiger partial charge on any atom is -0.384 e. The fourth-order valence-electron chi connectivity index (χ4n) is 3.31. The first-order valence-electron chi connectivity index (χ1n) is 8.74. The smallest absolute Gasteiger partial charge is 0.263 e. The summed E-state index contributed by atoms with van der Waals surface area (Å²) in [6, 6.07) is 7.51. The van der Waals surface area contributed by atoms with Gasteiger partial charge in [-0.25, -0.2) is 4.98 Å². The van der Waals surface area contributed by atoms with Gasteiger partial charge in [-0.15, -0.1) is 36.2 Å². The third kappa shape index (κ3) is 6.05. The number of halogens is 3. The van der Waals surface area contributed by atoms with Crippen molar-refractivity contribution in [2.24, 2.45) is 5.41 Å². The van der Waals surface area contributed by atoms with Crippen LogP contribution in [0.25, 0.3) is 10.6 Å². The molecule has 0 bridgehead atoms. The minimum absolute atomic E-state index is 0. The van der Waals surface area contributed by atoms with Crippen LogP contribution in [0.5, 0.6) is 0 Å². The molecule has 9 heteroatoms. The zero-order valence-electron chi connectivity index (χ0n) is 15.9. The number of methoxy groups -OCH3 is 1. The fourth-order valence-corrected chi connectivity index (χ4v) is 4.42. The average molecular weight is 467 g/mol. The molecule has 1 saturated heterocycles. The minimum atomic E-state index is -0.0609. The van der Waals surface area contributed by atoms with Gasteiger partial charge in [0.1, 0.15) is 9.88 Å². The van der Waals surface area contributed by atoms with E-state index in [0.717, 1.165) is 42.2 Å². The topological polar surface area (TPSA) is 63.2 Å². The number of thiazole rings is 1. The maximum Gasteiger partial charge on any atom is 0.263 e. The fraction of sp³-hybridized carbons (Fsp3) is 0.474. The first kappa shape index (κ1) is 25.1. The molecule has 1 aliphatic heterocycles. The molecule has 0 unspecified atom stereocenters. The van der Waals surface area contributed by atoms with Crippen molar-refractivity contribution in [3.05, 3.63) is 39.9 Å². The average Bonchev–Trinajstić information content (AvgIpc) is 3.03. The van der Waals surface area contributed by atoms with Gasteiger partial charge >= 0.3 is 0 Å². The third-order valence-electron chi connectivity index (χ3n) is 4.83. The first-order valence-corrected chi connectivity index (χ1v) is 9.94. The Balaban J connectivity index is 0.00000196. The quantitative estimate of drug-likeness (QED) is 0.664. The summed E-state index contributed by atoms with van der Waals surface area (Å²) in [7, 11) is 1.72. The van der Waals surface area contributed by atoms with E-state index in [-0.39, 0.29) is 36.1 Å². The molecule has 1 aromatic heterocycles. The molecule has 0 aliphatic carbocycles. The second-order valence-electron chi connectivity index (χ2n) is 6.81. The van der Waals surface area contributed by atoms with Crippen LogP contribution in [0, 0.1) is 12.3 Å². The Labute approximate surface area is 187 Å². The molecular weight excluding hydrogens is 441 g/mol. The van der Waals surface area contributed by atoms with Crippen molar-refractivity contribution in [2.75, 3.05) is 33.4 Å². The molecule has 0 spiro atoms. The number of aryl methyl sites for hydroxylation is 1. The molecule has 2 aromatic rings. The van der Waals surface area contributed by atoms with Crippen LogP contribution in [0.1, 0.15) is 28.2 Å². The highest BCUT2D eigenvalue weighted by molar-refractivity contribution is 7.17. The summed E-state index contributed by atoms with van der Waals surface area (Å²) < 4.78 is 5.42. The van der Waals surface area contributed by atoms with Crippen LogP contribution in [-0.2, 0) is 4.74 Å². The number of aromatic nitrogens is 1. The number of carbonyl (C=O) groups is 1. The molecular formula is C19H26Cl3N3O2S. The Bertz CT molecular complexity index is 757. The van der Waals surface area contributed by atoms with Crippen molar-refractivity contribution in [1.82, 2.24) is 15.6 Å². The predicted molar refractivity (Wildman–Crippen MR) is 121 cm³/mol. The normalized spacial score (nSPS) is 15.2. The number of nitrogens with one attached hydrogen (secondary N) is 2. The maximum absolute atomic E-state index is 12.7. The van der Waals surface area contributed by atoms with Crippen molar-refractivity contribution in [3.8, 4) is 10.6 Å². The zero-order valence-corrected chi connectivity index (χ0v) is 19.1. The Hall–Kier alpha value is -0.890. The van der Waals surface area contributed by atoms with Gasteiger partial charge in [0, 0.05) is 29.7 Å². The van der Waals surface area contributed by atoms with Gasteiger partial charge in [-0.05, 0) is 45.0 Å². The molecule has 2 N–H and O–H groups in total.